The van der Waals surface area contributed by atoms with Gasteiger partial charge in [-0.25, -0.2) is 8.42 Å². The molecule has 1 fully saturated rings. The van der Waals surface area contributed by atoms with Crippen LogP contribution in [-0.2, 0) is 10.0 Å². The average molecular weight is 326 g/mol. The molecule has 0 amide bonds. The van der Waals surface area contributed by atoms with E-state index in [0.717, 1.165) is 25.8 Å². The van der Waals surface area contributed by atoms with E-state index in [-0.39, 0.29) is 0 Å². The molecule has 0 spiro atoms. The van der Waals surface area contributed by atoms with Crippen molar-refractivity contribution in [3.05, 3.63) is 24.3 Å². The van der Waals surface area contributed by atoms with Crippen LogP contribution >= 0.6 is 0 Å². The van der Waals surface area contributed by atoms with Gasteiger partial charge >= 0.3 is 0 Å². The van der Waals surface area contributed by atoms with Crippen LogP contribution in [0.25, 0.3) is 0 Å². The van der Waals surface area contributed by atoms with Gasteiger partial charge in [0, 0.05) is 13.1 Å². The van der Waals surface area contributed by atoms with Crippen LogP contribution in [0.3, 0.4) is 0 Å². The van der Waals surface area contributed by atoms with Crippen molar-refractivity contribution in [2.45, 2.75) is 24.2 Å². The Labute approximate surface area is 133 Å². The quantitative estimate of drug-likeness (QED) is 0.803. The first-order chi connectivity index (χ1) is 10.4. The molecular weight excluding hydrogens is 300 g/mol. The van der Waals surface area contributed by atoms with Crippen LogP contribution in [0.5, 0.6) is 5.75 Å². The monoisotopic (exact) mass is 326 g/mol. The third-order valence-corrected chi connectivity index (χ3v) is 6.17. The van der Waals surface area contributed by atoms with E-state index in [2.05, 4.69) is 19.0 Å². The lowest BCUT2D eigenvalue weighted by atomic mass is 9.94. The third-order valence-electron chi connectivity index (χ3n) is 4.26. The van der Waals surface area contributed by atoms with Crippen molar-refractivity contribution in [2.24, 2.45) is 5.92 Å². The van der Waals surface area contributed by atoms with Gasteiger partial charge in [0.05, 0.1) is 12.0 Å². The standard InChI is InChI=1S/C16H26N2O3S/c1-17(2)11-8-14-9-12-18(13-10-14)22(19,20)16-6-4-15(21-3)5-7-16/h4-7,14H,8-13H2,1-3H3. The Hall–Kier alpha value is -1.11. The molecule has 5 nitrogen and oxygen atoms in total. The summed E-state index contributed by atoms with van der Waals surface area (Å²) in [4.78, 5) is 2.53. The number of benzene rings is 1. The Morgan fingerprint density at radius 2 is 1.77 bits per heavy atom. The SMILES string of the molecule is COc1ccc(S(=O)(=O)N2CCC(CCN(C)C)CC2)cc1. The number of hydrogen-bond acceptors (Lipinski definition) is 4. The third kappa shape index (κ3) is 4.21. The first-order valence-electron chi connectivity index (χ1n) is 7.72. The second-order valence-corrected chi connectivity index (χ2v) is 8.05. The molecule has 0 atom stereocenters. The summed E-state index contributed by atoms with van der Waals surface area (Å²) in [6.07, 6.45) is 3.04. The first-order valence-corrected chi connectivity index (χ1v) is 9.16. The molecule has 1 saturated heterocycles. The summed E-state index contributed by atoms with van der Waals surface area (Å²) < 4.78 is 32.0. The Morgan fingerprint density at radius 3 is 2.27 bits per heavy atom. The Kier molecular flexibility index (Phi) is 5.83. The largest absolute Gasteiger partial charge is 0.497 e. The molecule has 1 aromatic carbocycles. The van der Waals surface area contributed by atoms with Crippen molar-refractivity contribution in [1.29, 1.82) is 0 Å². The van der Waals surface area contributed by atoms with Gasteiger partial charge < -0.3 is 9.64 Å². The molecule has 1 heterocycles. The summed E-state index contributed by atoms with van der Waals surface area (Å²) in [5.74, 6) is 1.30. The molecule has 0 bridgehead atoms. The van der Waals surface area contributed by atoms with Gasteiger partial charge in [-0.15, -0.1) is 0 Å². The summed E-state index contributed by atoms with van der Waals surface area (Å²) in [6, 6.07) is 6.62. The molecule has 6 heteroatoms. The smallest absolute Gasteiger partial charge is 0.243 e. The zero-order chi connectivity index (χ0) is 16.2. The van der Waals surface area contributed by atoms with Crippen molar-refractivity contribution < 1.29 is 13.2 Å². The molecule has 1 aliphatic heterocycles. The number of hydrogen-bond donors (Lipinski definition) is 0. The van der Waals surface area contributed by atoms with Gasteiger partial charge in [-0.2, -0.15) is 4.31 Å². The van der Waals surface area contributed by atoms with Gasteiger partial charge in [0.2, 0.25) is 10.0 Å². The van der Waals surface area contributed by atoms with Crippen molar-refractivity contribution in [3.63, 3.8) is 0 Å². The summed E-state index contributed by atoms with van der Waals surface area (Å²) in [6.45, 7) is 2.30. The fourth-order valence-electron chi connectivity index (χ4n) is 2.78. The van der Waals surface area contributed by atoms with E-state index in [1.807, 2.05) is 0 Å². The van der Waals surface area contributed by atoms with Gasteiger partial charge in [-0.3, -0.25) is 0 Å². The van der Waals surface area contributed by atoms with Gasteiger partial charge in [0.15, 0.2) is 0 Å². The minimum Gasteiger partial charge on any atom is -0.497 e. The van der Waals surface area contributed by atoms with Gasteiger partial charge in [0.25, 0.3) is 0 Å². The first kappa shape index (κ1) is 17.2. The van der Waals surface area contributed by atoms with Crippen molar-refractivity contribution >= 4 is 10.0 Å². The zero-order valence-electron chi connectivity index (χ0n) is 13.7. The van der Waals surface area contributed by atoms with Crippen LogP contribution in [-0.4, -0.2) is 58.5 Å². The molecule has 2 rings (SSSR count). The zero-order valence-corrected chi connectivity index (χ0v) is 14.5. The van der Waals surface area contributed by atoms with Gasteiger partial charge in [0.1, 0.15) is 5.75 Å². The molecule has 0 saturated carbocycles. The van der Waals surface area contributed by atoms with E-state index in [4.69, 9.17) is 4.74 Å². The number of sulfonamides is 1. The normalized spacial score (nSPS) is 17.8. The molecule has 124 valence electrons. The van der Waals surface area contributed by atoms with Crippen molar-refractivity contribution in [2.75, 3.05) is 40.8 Å². The number of piperidine rings is 1. The maximum absolute atomic E-state index is 12.6. The predicted molar refractivity (Wildman–Crippen MR) is 87.6 cm³/mol. The summed E-state index contributed by atoms with van der Waals surface area (Å²) in [5, 5.41) is 0. The van der Waals surface area contributed by atoms with Crippen LogP contribution in [0.1, 0.15) is 19.3 Å². The highest BCUT2D eigenvalue weighted by Crippen LogP contribution is 2.26. The van der Waals surface area contributed by atoms with Gasteiger partial charge in [-0.1, -0.05) is 0 Å². The van der Waals surface area contributed by atoms with Crippen molar-refractivity contribution in [3.8, 4) is 5.75 Å². The van der Waals surface area contributed by atoms with Gasteiger partial charge in [-0.05, 0) is 70.1 Å². The van der Waals surface area contributed by atoms with E-state index in [1.54, 1.807) is 35.7 Å². The van der Waals surface area contributed by atoms with E-state index >= 15 is 0 Å². The summed E-state index contributed by atoms with van der Waals surface area (Å²) >= 11 is 0. The Bertz CT molecular complexity index is 562. The lowest BCUT2D eigenvalue weighted by Gasteiger charge is -2.31. The highest BCUT2D eigenvalue weighted by Gasteiger charge is 2.29. The topological polar surface area (TPSA) is 49.9 Å². The molecule has 0 N–H and O–H groups in total. The maximum atomic E-state index is 12.6. The number of methoxy groups -OCH3 is 1. The molecule has 0 aromatic heterocycles. The van der Waals surface area contributed by atoms with Crippen molar-refractivity contribution in [1.82, 2.24) is 9.21 Å². The van der Waals surface area contributed by atoms with E-state index in [1.165, 1.54) is 0 Å². The molecule has 0 radical (unpaired) electrons. The Balaban J connectivity index is 1.96. The molecule has 0 aliphatic carbocycles. The molecule has 1 aromatic rings. The number of rotatable bonds is 6. The van der Waals surface area contributed by atoms with Crippen LogP contribution in [0, 0.1) is 5.92 Å². The molecule has 1 aliphatic rings. The molecule has 0 unspecified atom stereocenters. The van der Waals surface area contributed by atoms with E-state index < -0.39 is 10.0 Å². The number of ether oxygens (including phenoxy) is 1. The second kappa shape index (κ2) is 7.44. The fourth-order valence-corrected chi connectivity index (χ4v) is 4.25. The second-order valence-electron chi connectivity index (χ2n) is 6.11. The molecular formula is C16H26N2O3S. The maximum Gasteiger partial charge on any atom is 0.243 e. The summed E-state index contributed by atoms with van der Waals surface area (Å²) in [5.41, 5.74) is 0. The van der Waals surface area contributed by atoms with Crippen LogP contribution in [0.15, 0.2) is 29.2 Å². The highest BCUT2D eigenvalue weighted by molar-refractivity contribution is 7.89. The van der Waals surface area contributed by atoms with E-state index in [0.29, 0.717) is 29.7 Å². The minimum atomic E-state index is -3.37. The average Bonchev–Trinajstić information content (AvgIpc) is 2.53. The fraction of sp³-hybridized carbons (Fsp3) is 0.625. The van der Waals surface area contributed by atoms with Crippen LogP contribution in [0.2, 0.25) is 0 Å². The van der Waals surface area contributed by atoms with E-state index in [9.17, 15) is 8.42 Å². The lowest BCUT2D eigenvalue weighted by Crippen LogP contribution is -2.38. The minimum absolute atomic E-state index is 0.347. The highest BCUT2D eigenvalue weighted by atomic mass is 32.2. The Morgan fingerprint density at radius 1 is 1.18 bits per heavy atom. The van der Waals surface area contributed by atoms with Crippen LogP contribution in [0.4, 0.5) is 0 Å². The van der Waals surface area contributed by atoms with Crippen LogP contribution < -0.4 is 4.74 Å². The predicted octanol–water partition coefficient (Wildman–Crippen LogP) is 2.05. The summed E-state index contributed by atoms with van der Waals surface area (Å²) in [7, 11) is 2.34. The molecule has 22 heavy (non-hydrogen) atoms. The lowest BCUT2D eigenvalue weighted by molar-refractivity contribution is 0.243. The number of nitrogens with zero attached hydrogens (tertiary/aromatic N) is 2.